The van der Waals surface area contributed by atoms with Crippen LogP contribution < -0.4 is 4.74 Å². The molecule has 0 aliphatic heterocycles. The van der Waals surface area contributed by atoms with Crippen molar-refractivity contribution in [2.45, 2.75) is 11.8 Å². The Morgan fingerprint density at radius 2 is 1.79 bits per heavy atom. The molecule has 0 saturated carbocycles. The van der Waals surface area contributed by atoms with Crippen molar-refractivity contribution >= 4 is 27.4 Å². The zero-order valence-corrected chi connectivity index (χ0v) is 14.9. The molecule has 0 spiro atoms. The van der Waals surface area contributed by atoms with E-state index in [0.29, 0.717) is 10.8 Å². The zero-order valence-electron chi connectivity index (χ0n) is 13.3. The van der Waals surface area contributed by atoms with Gasteiger partial charge in [-0.05, 0) is 55.0 Å². The molecule has 0 heterocycles. The third kappa shape index (κ3) is 4.56. The van der Waals surface area contributed by atoms with Gasteiger partial charge in [0.2, 0.25) is 0 Å². The van der Waals surface area contributed by atoms with Gasteiger partial charge in [-0.15, -0.1) is 0 Å². The number of methoxy groups -OCH3 is 1. The normalized spacial score (nSPS) is 11.3. The lowest BCUT2D eigenvalue weighted by Gasteiger charge is -2.08. The number of hydrogen-bond donors (Lipinski definition) is 0. The molecule has 0 aliphatic rings. The monoisotopic (exact) mass is 368 g/mol. The van der Waals surface area contributed by atoms with Crippen molar-refractivity contribution < 1.29 is 22.7 Å². The maximum absolute atomic E-state index is 12.2. The van der Waals surface area contributed by atoms with Crippen molar-refractivity contribution in [3.63, 3.8) is 0 Å². The molecule has 2 aromatic rings. The fourth-order valence-electron chi connectivity index (χ4n) is 2.00. The number of rotatable bonds is 6. The Morgan fingerprint density at radius 1 is 1.12 bits per heavy atom. The van der Waals surface area contributed by atoms with Crippen LogP contribution in [0, 0.1) is 6.92 Å². The summed E-state index contributed by atoms with van der Waals surface area (Å²) < 4.78 is 34.2. The highest BCUT2D eigenvalue weighted by molar-refractivity contribution is 7.91. The molecule has 2 aromatic carbocycles. The van der Waals surface area contributed by atoms with Crippen LogP contribution in [0.1, 0.15) is 15.9 Å². The summed E-state index contributed by atoms with van der Waals surface area (Å²) in [6.45, 7) is 1.89. The lowest BCUT2D eigenvalue weighted by Crippen LogP contribution is -2.13. The molecule has 0 amide bonds. The Balaban J connectivity index is 2.14. The maximum Gasteiger partial charge on any atom is 0.343 e. The van der Waals surface area contributed by atoms with Gasteiger partial charge in [0.05, 0.1) is 22.8 Å². The standard InChI is InChI=1S/C17H17ClO5S/c1-12-11-14(18)5-8-16(12)23-17(19)13-3-6-15(7-4-13)24(20,21)10-9-22-2/h3-8,11H,9-10H2,1-2H3. The number of esters is 1. The third-order valence-electron chi connectivity index (χ3n) is 3.34. The number of carbonyl (C=O) groups is 1. The molecule has 0 radical (unpaired) electrons. The minimum atomic E-state index is -3.43. The smallest absolute Gasteiger partial charge is 0.343 e. The number of sulfone groups is 1. The molecule has 128 valence electrons. The largest absolute Gasteiger partial charge is 0.423 e. The SMILES string of the molecule is COCCS(=O)(=O)c1ccc(C(=O)Oc2ccc(Cl)cc2C)cc1. The van der Waals surface area contributed by atoms with E-state index in [0.717, 1.165) is 5.56 Å². The van der Waals surface area contributed by atoms with Crippen LogP contribution in [-0.2, 0) is 14.6 Å². The van der Waals surface area contributed by atoms with E-state index in [1.165, 1.54) is 31.4 Å². The van der Waals surface area contributed by atoms with Crippen molar-refractivity contribution in [2.75, 3.05) is 19.5 Å². The molecule has 7 heteroatoms. The van der Waals surface area contributed by atoms with E-state index in [1.807, 2.05) is 0 Å². The van der Waals surface area contributed by atoms with Crippen LogP contribution >= 0.6 is 11.6 Å². The minimum absolute atomic E-state index is 0.113. The second-order valence-corrected chi connectivity index (χ2v) is 7.68. The van der Waals surface area contributed by atoms with Gasteiger partial charge in [-0.25, -0.2) is 13.2 Å². The fourth-order valence-corrected chi connectivity index (χ4v) is 3.39. The second-order valence-electron chi connectivity index (χ2n) is 5.14. The van der Waals surface area contributed by atoms with Crippen LogP contribution in [0.3, 0.4) is 0 Å². The van der Waals surface area contributed by atoms with Crippen LogP contribution in [0.4, 0.5) is 0 Å². The third-order valence-corrected chi connectivity index (χ3v) is 5.27. The number of aryl methyl sites for hydroxylation is 1. The first kappa shape index (κ1) is 18.4. The second kappa shape index (κ2) is 7.79. The first-order chi connectivity index (χ1) is 11.3. The number of hydrogen-bond acceptors (Lipinski definition) is 5. The molecule has 2 rings (SSSR count). The zero-order chi connectivity index (χ0) is 17.7. The summed E-state index contributed by atoms with van der Waals surface area (Å²) in [5.74, 6) is -0.278. The quantitative estimate of drug-likeness (QED) is 0.578. The van der Waals surface area contributed by atoms with E-state index >= 15 is 0 Å². The summed E-state index contributed by atoms with van der Waals surface area (Å²) in [6.07, 6.45) is 0. The summed E-state index contributed by atoms with van der Waals surface area (Å²) in [5.41, 5.74) is 0.990. The van der Waals surface area contributed by atoms with Crippen LogP contribution in [0.2, 0.25) is 5.02 Å². The highest BCUT2D eigenvalue weighted by Gasteiger charge is 2.16. The van der Waals surface area contributed by atoms with Gasteiger partial charge in [-0.3, -0.25) is 0 Å². The Bertz CT molecular complexity index is 829. The van der Waals surface area contributed by atoms with Gasteiger partial charge in [-0.2, -0.15) is 0 Å². The highest BCUT2D eigenvalue weighted by Crippen LogP contribution is 2.23. The number of carbonyl (C=O) groups excluding carboxylic acids is 1. The van der Waals surface area contributed by atoms with E-state index in [9.17, 15) is 13.2 Å². The predicted molar refractivity (Wildman–Crippen MR) is 91.5 cm³/mol. The van der Waals surface area contributed by atoms with Gasteiger partial charge in [0, 0.05) is 12.1 Å². The summed E-state index contributed by atoms with van der Waals surface area (Å²) in [4.78, 5) is 12.3. The van der Waals surface area contributed by atoms with Gasteiger partial charge >= 0.3 is 5.97 Å². The van der Waals surface area contributed by atoms with Gasteiger partial charge < -0.3 is 9.47 Å². The molecule has 24 heavy (non-hydrogen) atoms. The first-order valence-corrected chi connectivity index (χ1v) is 9.16. The van der Waals surface area contributed by atoms with Crippen molar-refractivity contribution in [1.29, 1.82) is 0 Å². The van der Waals surface area contributed by atoms with Crippen molar-refractivity contribution in [3.05, 3.63) is 58.6 Å². The van der Waals surface area contributed by atoms with Gasteiger partial charge in [-0.1, -0.05) is 11.6 Å². The molecule has 0 atom stereocenters. The Morgan fingerprint density at radius 3 is 2.38 bits per heavy atom. The first-order valence-electron chi connectivity index (χ1n) is 7.13. The molecule has 0 N–H and O–H groups in total. The highest BCUT2D eigenvalue weighted by atomic mass is 35.5. The van der Waals surface area contributed by atoms with Gasteiger partial charge in [0.1, 0.15) is 5.75 Å². The van der Waals surface area contributed by atoms with Gasteiger partial charge in [0.25, 0.3) is 0 Å². The Kier molecular flexibility index (Phi) is 5.99. The van der Waals surface area contributed by atoms with E-state index in [4.69, 9.17) is 21.1 Å². The van der Waals surface area contributed by atoms with E-state index in [-0.39, 0.29) is 22.8 Å². The molecule has 0 aromatic heterocycles. The average molecular weight is 369 g/mol. The number of benzene rings is 2. The molecule has 0 unspecified atom stereocenters. The average Bonchev–Trinajstić information content (AvgIpc) is 2.55. The summed E-state index contributed by atoms with van der Waals surface area (Å²) in [6, 6.07) is 10.5. The summed E-state index contributed by atoms with van der Waals surface area (Å²) in [5, 5.41) is 0.554. The molecule has 0 fully saturated rings. The molecule has 0 aliphatic carbocycles. The molecular formula is C17H17ClO5S. The van der Waals surface area contributed by atoms with Crippen molar-refractivity contribution in [2.24, 2.45) is 0 Å². The van der Waals surface area contributed by atoms with Crippen molar-refractivity contribution in [1.82, 2.24) is 0 Å². The van der Waals surface area contributed by atoms with Crippen LogP contribution in [0.25, 0.3) is 0 Å². The Hall–Kier alpha value is -1.89. The maximum atomic E-state index is 12.2. The molecule has 0 saturated heterocycles. The molecular weight excluding hydrogens is 352 g/mol. The number of halogens is 1. The summed E-state index contributed by atoms with van der Waals surface area (Å²) >= 11 is 5.86. The van der Waals surface area contributed by atoms with Crippen LogP contribution in [0.5, 0.6) is 5.75 Å². The topological polar surface area (TPSA) is 69.7 Å². The lowest BCUT2D eigenvalue weighted by atomic mass is 10.2. The Labute approximate surface area is 146 Å². The number of ether oxygens (including phenoxy) is 2. The lowest BCUT2D eigenvalue weighted by molar-refractivity contribution is 0.0733. The van der Waals surface area contributed by atoms with Crippen molar-refractivity contribution in [3.8, 4) is 5.75 Å². The van der Waals surface area contributed by atoms with E-state index in [2.05, 4.69) is 0 Å². The van der Waals surface area contributed by atoms with E-state index < -0.39 is 15.8 Å². The minimum Gasteiger partial charge on any atom is -0.423 e. The predicted octanol–water partition coefficient (Wildman–Crippen LogP) is 3.29. The van der Waals surface area contributed by atoms with Gasteiger partial charge in [0.15, 0.2) is 9.84 Å². The molecule has 0 bridgehead atoms. The fraction of sp³-hybridized carbons (Fsp3) is 0.235. The van der Waals surface area contributed by atoms with Crippen LogP contribution in [0.15, 0.2) is 47.4 Å². The summed E-state index contributed by atoms with van der Waals surface area (Å²) in [7, 11) is -1.99. The molecule has 5 nitrogen and oxygen atoms in total. The van der Waals surface area contributed by atoms with Crippen LogP contribution in [-0.4, -0.2) is 33.9 Å². The van der Waals surface area contributed by atoms with E-state index in [1.54, 1.807) is 25.1 Å².